The second-order valence-electron chi connectivity index (χ2n) is 9.32. The van der Waals surface area contributed by atoms with Crippen LogP contribution in [0.25, 0.3) is 0 Å². The van der Waals surface area contributed by atoms with Crippen molar-refractivity contribution >= 4 is 28.8 Å². The van der Waals surface area contributed by atoms with Gasteiger partial charge in [-0.15, -0.1) is 11.3 Å². The predicted molar refractivity (Wildman–Crippen MR) is 124 cm³/mol. The summed E-state index contributed by atoms with van der Waals surface area (Å²) in [6.07, 6.45) is 0.957. The fraction of sp³-hybridized carbons (Fsp3) is 0.500. The third-order valence-corrected chi connectivity index (χ3v) is 6.51. The average molecular weight is 428 g/mol. The van der Waals surface area contributed by atoms with Crippen LogP contribution in [0, 0.1) is 18.3 Å². The van der Waals surface area contributed by atoms with E-state index in [2.05, 4.69) is 24.1 Å². The van der Waals surface area contributed by atoms with Crippen LogP contribution in [0.1, 0.15) is 43.2 Å². The molecule has 1 N–H and O–H groups in total. The van der Waals surface area contributed by atoms with Crippen LogP contribution in [0.3, 0.4) is 0 Å². The minimum atomic E-state index is -0.272. The number of nitrogens with zero attached hydrogens (tertiary/aromatic N) is 2. The van der Waals surface area contributed by atoms with Crippen LogP contribution in [0.2, 0.25) is 0 Å². The SMILES string of the molecule is Cc1ccc(N2C(=O)CCC(C(=O)NCC(C)(C)CN(C)C)C2c2cccs2)cc1. The molecule has 1 aliphatic rings. The molecule has 2 amide bonds. The summed E-state index contributed by atoms with van der Waals surface area (Å²) in [5.41, 5.74) is 1.97. The molecule has 6 heteroatoms. The van der Waals surface area contributed by atoms with Crippen molar-refractivity contribution in [1.82, 2.24) is 10.2 Å². The Labute approximate surface area is 184 Å². The highest BCUT2D eigenvalue weighted by molar-refractivity contribution is 7.10. The highest BCUT2D eigenvalue weighted by Crippen LogP contribution is 2.41. The highest BCUT2D eigenvalue weighted by Gasteiger charge is 2.42. The summed E-state index contributed by atoms with van der Waals surface area (Å²) >= 11 is 1.61. The van der Waals surface area contributed by atoms with Crippen molar-refractivity contribution in [2.24, 2.45) is 11.3 Å². The van der Waals surface area contributed by atoms with Crippen LogP contribution in [-0.4, -0.2) is 43.9 Å². The number of amides is 2. The van der Waals surface area contributed by atoms with Gasteiger partial charge in [-0.2, -0.15) is 0 Å². The second-order valence-corrected chi connectivity index (χ2v) is 10.3. The van der Waals surface area contributed by atoms with E-state index in [1.807, 2.05) is 67.7 Å². The van der Waals surface area contributed by atoms with E-state index in [1.54, 1.807) is 11.3 Å². The minimum absolute atomic E-state index is 0.0290. The zero-order valence-corrected chi connectivity index (χ0v) is 19.5. The molecule has 2 unspecified atom stereocenters. The lowest BCUT2D eigenvalue weighted by atomic mass is 9.85. The highest BCUT2D eigenvalue weighted by atomic mass is 32.1. The molecule has 0 aliphatic carbocycles. The number of hydrogen-bond donors (Lipinski definition) is 1. The smallest absolute Gasteiger partial charge is 0.227 e. The third-order valence-electron chi connectivity index (χ3n) is 5.57. The summed E-state index contributed by atoms with van der Waals surface area (Å²) < 4.78 is 0. The molecule has 2 atom stereocenters. The van der Waals surface area contributed by atoms with Gasteiger partial charge < -0.3 is 15.1 Å². The number of benzene rings is 1. The Morgan fingerprint density at radius 1 is 1.23 bits per heavy atom. The molecule has 1 aliphatic heterocycles. The number of anilines is 1. The topological polar surface area (TPSA) is 52.7 Å². The molecule has 0 radical (unpaired) electrons. The maximum Gasteiger partial charge on any atom is 0.227 e. The molecule has 1 saturated heterocycles. The van der Waals surface area contributed by atoms with Crippen molar-refractivity contribution in [3.63, 3.8) is 0 Å². The van der Waals surface area contributed by atoms with E-state index in [4.69, 9.17) is 0 Å². The lowest BCUT2D eigenvalue weighted by molar-refractivity contribution is -0.129. The minimum Gasteiger partial charge on any atom is -0.355 e. The Morgan fingerprint density at radius 2 is 1.93 bits per heavy atom. The monoisotopic (exact) mass is 427 g/mol. The Balaban J connectivity index is 1.86. The van der Waals surface area contributed by atoms with E-state index in [0.717, 1.165) is 22.7 Å². The molecule has 0 bridgehead atoms. The number of nitrogens with one attached hydrogen (secondary N) is 1. The van der Waals surface area contributed by atoms with Crippen molar-refractivity contribution in [3.8, 4) is 0 Å². The van der Waals surface area contributed by atoms with Crippen molar-refractivity contribution in [2.75, 3.05) is 32.1 Å². The molecule has 30 heavy (non-hydrogen) atoms. The normalized spacial score (nSPS) is 19.9. The first-order valence-corrected chi connectivity index (χ1v) is 11.4. The number of carbonyl (C=O) groups excluding carboxylic acids is 2. The van der Waals surface area contributed by atoms with Crippen LogP contribution in [-0.2, 0) is 9.59 Å². The number of aryl methyl sites for hydroxylation is 1. The average Bonchev–Trinajstić information content (AvgIpc) is 3.20. The van der Waals surface area contributed by atoms with Crippen molar-refractivity contribution in [1.29, 1.82) is 0 Å². The maximum atomic E-state index is 13.3. The van der Waals surface area contributed by atoms with Gasteiger partial charge in [0.25, 0.3) is 0 Å². The maximum absolute atomic E-state index is 13.3. The lowest BCUT2D eigenvalue weighted by Gasteiger charge is -2.40. The molecule has 1 aromatic carbocycles. The predicted octanol–water partition coefficient (Wildman–Crippen LogP) is 4.24. The fourth-order valence-corrected chi connectivity index (χ4v) is 5.21. The number of thiophene rings is 1. The van der Waals surface area contributed by atoms with E-state index in [-0.39, 0.29) is 29.2 Å². The van der Waals surface area contributed by atoms with Gasteiger partial charge in [0.15, 0.2) is 0 Å². The molecule has 1 aromatic heterocycles. The van der Waals surface area contributed by atoms with Crippen LogP contribution < -0.4 is 10.2 Å². The first-order valence-electron chi connectivity index (χ1n) is 10.5. The van der Waals surface area contributed by atoms with E-state index in [1.165, 1.54) is 0 Å². The molecule has 2 aromatic rings. The first-order chi connectivity index (χ1) is 14.2. The fourth-order valence-electron chi connectivity index (χ4n) is 4.33. The van der Waals surface area contributed by atoms with Crippen molar-refractivity contribution in [2.45, 2.75) is 39.7 Å². The summed E-state index contributed by atoms with van der Waals surface area (Å²) in [5.74, 6) is -0.156. The first kappa shape index (κ1) is 22.5. The van der Waals surface area contributed by atoms with Gasteiger partial charge in [0.2, 0.25) is 11.8 Å². The van der Waals surface area contributed by atoms with E-state index in [0.29, 0.717) is 19.4 Å². The number of piperidine rings is 1. The van der Waals surface area contributed by atoms with Crippen LogP contribution >= 0.6 is 11.3 Å². The van der Waals surface area contributed by atoms with Gasteiger partial charge in [-0.1, -0.05) is 37.6 Å². The molecular formula is C24H33N3O2S. The molecule has 0 saturated carbocycles. The van der Waals surface area contributed by atoms with Gasteiger partial charge in [0.05, 0.1) is 12.0 Å². The van der Waals surface area contributed by atoms with Crippen LogP contribution in [0.4, 0.5) is 5.69 Å². The summed E-state index contributed by atoms with van der Waals surface area (Å²) in [4.78, 5) is 31.3. The molecular weight excluding hydrogens is 394 g/mol. The van der Waals surface area contributed by atoms with Gasteiger partial charge in [-0.3, -0.25) is 9.59 Å². The largest absolute Gasteiger partial charge is 0.355 e. The Morgan fingerprint density at radius 3 is 2.53 bits per heavy atom. The Kier molecular flexibility index (Phi) is 6.98. The summed E-state index contributed by atoms with van der Waals surface area (Å²) in [6, 6.07) is 11.7. The van der Waals surface area contributed by atoms with Crippen molar-refractivity contribution < 1.29 is 9.59 Å². The number of rotatable bonds is 7. The summed E-state index contributed by atoms with van der Waals surface area (Å²) in [5, 5.41) is 5.20. The summed E-state index contributed by atoms with van der Waals surface area (Å²) in [6.45, 7) is 7.85. The number of hydrogen-bond acceptors (Lipinski definition) is 4. The standard InChI is InChI=1S/C24H33N3O2S/c1-17-8-10-18(11-9-17)27-21(28)13-12-19(22(27)20-7-6-14-30-20)23(29)25-15-24(2,3)16-26(4)5/h6-11,14,19,22H,12-13,15-16H2,1-5H3,(H,25,29). The molecule has 162 valence electrons. The van der Waals surface area contributed by atoms with Gasteiger partial charge in [0, 0.05) is 30.1 Å². The van der Waals surface area contributed by atoms with Crippen LogP contribution in [0.5, 0.6) is 0 Å². The van der Waals surface area contributed by atoms with Crippen LogP contribution in [0.15, 0.2) is 41.8 Å². The third kappa shape index (κ3) is 5.29. The quantitative estimate of drug-likeness (QED) is 0.719. The molecule has 2 heterocycles. The zero-order chi connectivity index (χ0) is 21.9. The second kappa shape index (κ2) is 9.31. The van der Waals surface area contributed by atoms with E-state index < -0.39 is 0 Å². The molecule has 5 nitrogen and oxygen atoms in total. The molecule has 1 fully saturated rings. The number of carbonyl (C=O) groups is 2. The zero-order valence-electron chi connectivity index (χ0n) is 18.6. The van der Waals surface area contributed by atoms with Gasteiger partial charge in [-0.25, -0.2) is 0 Å². The molecule has 3 rings (SSSR count). The Bertz CT molecular complexity index is 859. The van der Waals surface area contributed by atoms with Gasteiger partial charge >= 0.3 is 0 Å². The lowest BCUT2D eigenvalue weighted by Crippen LogP contribution is -2.49. The van der Waals surface area contributed by atoms with Gasteiger partial charge in [0.1, 0.15) is 0 Å². The van der Waals surface area contributed by atoms with Crippen molar-refractivity contribution in [3.05, 3.63) is 52.2 Å². The van der Waals surface area contributed by atoms with E-state index >= 15 is 0 Å². The Hall–Kier alpha value is -2.18. The van der Waals surface area contributed by atoms with E-state index in [9.17, 15) is 9.59 Å². The van der Waals surface area contributed by atoms with Gasteiger partial charge in [-0.05, 0) is 56.4 Å². The molecule has 0 spiro atoms. The summed E-state index contributed by atoms with van der Waals surface area (Å²) in [7, 11) is 4.09.